The van der Waals surface area contributed by atoms with Crippen LogP contribution in [0.15, 0.2) is 24.3 Å². The van der Waals surface area contributed by atoms with Crippen molar-refractivity contribution in [1.82, 2.24) is 10.2 Å². The first-order valence-corrected chi connectivity index (χ1v) is 5.96. The molecular weight excluding hydrogens is 214 g/mol. The molecule has 4 heteroatoms. The summed E-state index contributed by atoms with van der Waals surface area (Å²) in [6, 6.07) is 8.10. The molecular formula is C13H17N3O. The van der Waals surface area contributed by atoms with Gasteiger partial charge in [0, 0.05) is 17.3 Å². The second-order valence-electron chi connectivity index (χ2n) is 3.94. The molecule has 2 N–H and O–H groups in total. The number of nitrogens with one attached hydrogen (secondary N) is 1. The maximum absolute atomic E-state index is 8.83. The lowest BCUT2D eigenvalue weighted by molar-refractivity contribution is 0.311. The van der Waals surface area contributed by atoms with Gasteiger partial charge in [-0.25, -0.2) is 0 Å². The largest absolute Gasteiger partial charge is 0.395 e. The molecule has 0 aliphatic rings. The molecule has 90 valence electrons. The van der Waals surface area contributed by atoms with Gasteiger partial charge in [-0.1, -0.05) is 37.6 Å². The van der Waals surface area contributed by atoms with Crippen molar-refractivity contribution in [3.8, 4) is 0 Å². The van der Waals surface area contributed by atoms with Crippen LogP contribution in [0.3, 0.4) is 0 Å². The van der Waals surface area contributed by atoms with Crippen LogP contribution < -0.4 is 5.32 Å². The molecule has 1 aromatic heterocycles. The minimum atomic E-state index is 0.0900. The number of hydrogen-bond acceptors (Lipinski definition) is 4. The summed E-state index contributed by atoms with van der Waals surface area (Å²) < 4.78 is 0. The van der Waals surface area contributed by atoms with E-state index in [-0.39, 0.29) is 6.61 Å². The van der Waals surface area contributed by atoms with Crippen molar-refractivity contribution < 1.29 is 5.11 Å². The molecule has 1 aromatic carbocycles. The van der Waals surface area contributed by atoms with Crippen LogP contribution in [0, 0.1) is 0 Å². The van der Waals surface area contributed by atoms with Crippen molar-refractivity contribution in [3.63, 3.8) is 0 Å². The molecule has 0 fully saturated rings. The highest BCUT2D eigenvalue weighted by Gasteiger charge is 2.07. The van der Waals surface area contributed by atoms with Gasteiger partial charge in [-0.3, -0.25) is 0 Å². The molecule has 0 bridgehead atoms. The number of aromatic nitrogens is 2. The van der Waals surface area contributed by atoms with E-state index in [0.717, 1.165) is 35.1 Å². The number of anilines is 1. The fourth-order valence-corrected chi connectivity index (χ4v) is 1.89. The lowest BCUT2D eigenvalue weighted by Crippen LogP contribution is -2.09. The topological polar surface area (TPSA) is 58.0 Å². The maximum Gasteiger partial charge on any atom is 0.156 e. The number of rotatable bonds is 5. The quantitative estimate of drug-likeness (QED) is 0.826. The molecule has 0 aliphatic heterocycles. The Kier molecular flexibility index (Phi) is 3.88. The van der Waals surface area contributed by atoms with Crippen molar-refractivity contribution >= 4 is 16.6 Å². The third-order valence-electron chi connectivity index (χ3n) is 2.65. The highest BCUT2D eigenvalue weighted by atomic mass is 16.3. The van der Waals surface area contributed by atoms with E-state index >= 15 is 0 Å². The summed E-state index contributed by atoms with van der Waals surface area (Å²) in [7, 11) is 0. The number of aryl methyl sites for hydroxylation is 1. The third-order valence-corrected chi connectivity index (χ3v) is 2.65. The average Bonchev–Trinajstić information content (AvgIpc) is 2.38. The maximum atomic E-state index is 8.83. The van der Waals surface area contributed by atoms with Gasteiger partial charge in [0.05, 0.1) is 12.3 Å². The predicted octanol–water partition coefficient (Wildman–Crippen LogP) is 1.99. The summed E-state index contributed by atoms with van der Waals surface area (Å²) in [6.07, 6.45) is 2.00. The molecule has 0 unspecified atom stereocenters. The zero-order chi connectivity index (χ0) is 12.1. The summed E-state index contributed by atoms with van der Waals surface area (Å²) in [5.41, 5.74) is 1.04. The minimum absolute atomic E-state index is 0.0900. The Hall–Kier alpha value is -1.68. The number of nitrogens with zero attached hydrogens (tertiary/aromatic N) is 2. The fourth-order valence-electron chi connectivity index (χ4n) is 1.89. The Morgan fingerprint density at radius 3 is 2.65 bits per heavy atom. The number of aliphatic hydroxyl groups excluding tert-OH is 1. The van der Waals surface area contributed by atoms with Gasteiger partial charge >= 0.3 is 0 Å². The third kappa shape index (κ3) is 2.53. The first-order chi connectivity index (χ1) is 8.36. The standard InChI is InChI=1S/C13H17N3O/c1-2-5-12-10-6-3-4-7-11(10)13(16-15-12)14-8-9-17/h3-4,6-7,17H,2,5,8-9H2,1H3,(H,14,16). The van der Waals surface area contributed by atoms with Crippen LogP contribution in [0.25, 0.3) is 10.8 Å². The monoisotopic (exact) mass is 231 g/mol. The van der Waals surface area contributed by atoms with Crippen LogP contribution in [0.1, 0.15) is 19.0 Å². The number of benzene rings is 1. The Bertz CT molecular complexity index is 499. The van der Waals surface area contributed by atoms with Gasteiger partial charge in [0.1, 0.15) is 0 Å². The molecule has 0 saturated heterocycles. The minimum Gasteiger partial charge on any atom is -0.395 e. The van der Waals surface area contributed by atoms with E-state index in [2.05, 4.69) is 28.5 Å². The zero-order valence-corrected chi connectivity index (χ0v) is 9.98. The van der Waals surface area contributed by atoms with Gasteiger partial charge < -0.3 is 10.4 Å². The van der Waals surface area contributed by atoms with E-state index in [9.17, 15) is 0 Å². The normalized spacial score (nSPS) is 10.7. The van der Waals surface area contributed by atoms with Crippen LogP contribution in [-0.4, -0.2) is 28.5 Å². The summed E-state index contributed by atoms with van der Waals surface area (Å²) in [5, 5.41) is 22.6. The van der Waals surface area contributed by atoms with Gasteiger partial charge in [0.2, 0.25) is 0 Å². The SMILES string of the molecule is CCCc1nnc(NCCO)c2ccccc12. The summed E-state index contributed by atoms with van der Waals surface area (Å²) >= 11 is 0. The zero-order valence-electron chi connectivity index (χ0n) is 9.98. The molecule has 2 aromatic rings. The lowest BCUT2D eigenvalue weighted by atomic mass is 10.1. The first-order valence-electron chi connectivity index (χ1n) is 5.96. The lowest BCUT2D eigenvalue weighted by Gasteiger charge is -2.09. The Balaban J connectivity index is 2.46. The van der Waals surface area contributed by atoms with E-state index in [4.69, 9.17) is 5.11 Å². The second-order valence-corrected chi connectivity index (χ2v) is 3.94. The van der Waals surface area contributed by atoms with E-state index in [1.165, 1.54) is 0 Å². The van der Waals surface area contributed by atoms with Crippen molar-refractivity contribution in [2.75, 3.05) is 18.5 Å². The van der Waals surface area contributed by atoms with Crippen LogP contribution >= 0.6 is 0 Å². The summed E-state index contributed by atoms with van der Waals surface area (Å²) in [6.45, 7) is 2.72. The van der Waals surface area contributed by atoms with Gasteiger partial charge in [-0.15, -0.1) is 5.10 Å². The molecule has 1 heterocycles. The molecule has 17 heavy (non-hydrogen) atoms. The van der Waals surface area contributed by atoms with Gasteiger partial charge in [-0.2, -0.15) is 5.10 Å². The fraction of sp³-hybridized carbons (Fsp3) is 0.385. The number of aliphatic hydroxyl groups is 1. The highest BCUT2D eigenvalue weighted by molar-refractivity contribution is 5.92. The molecule has 0 radical (unpaired) electrons. The second kappa shape index (κ2) is 5.59. The van der Waals surface area contributed by atoms with E-state index < -0.39 is 0 Å². The van der Waals surface area contributed by atoms with Crippen molar-refractivity contribution in [2.45, 2.75) is 19.8 Å². The Morgan fingerprint density at radius 1 is 1.18 bits per heavy atom. The first kappa shape index (κ1) is 11.8. The van der Waals surface area contributed by atoms with E-state index in [0.29, 0.717) is 6.54 Å². The Morgan fingerprint density at radius 2 is 1.94 bits per heavy atom. The molecule has 0 saturated carbocycles. The van der Waals surface area contributed by atoms with E-state index in [1.807, 2.05) is 18.2 Å². The van der Waals surface area contributed by atoms with Crippen molar-refractivity contribution in [1.29, 1.82) is 0 Å². The van der Waals surface area contributed by atoms with Crippen LogP contribution in [0.5, 0.6) is 0 Å². The van der Waals surface area contributed by atoms with Gasteiger partial charge in [0.25, 0.3) is 0 Å². The number of fused-ring (bicyclic) bond motifs is 1. The molecule has 0 aliphatic carbocycles. The number of hydrogen-bond donors (Lipinski definition) is 2. The highest BCUT2D eigenvalue weighted by Crippen LogP contribution is 2.23. The van der Waals surface area contributed by atoms with Crippen LogP contribution in [0.2, 0.25) is 0 Å². The summed E-state index contributed by atoms with van der Waals surface area (Å²) in [4.78, 5) is 0. The average molecular weight is 231 g/mol. The molecule has 4 nitrogen and oxygen atoms in total. The predicted molar refractivity (Wildman–Crippen MR) is 69.1 cm³/mol. The Labute approximate surface area is 101 Å². The summed E-state index contributed by atoms with van der Waals surface area (Å²) in [5.74, 6) is 0.745. The molecule has 0 atom stereocenters. The smallest absolute Gasteiger partial charge is 0.156 e. The van der Waals surface area contributed by atoms with Crippen molar-refractivity contribution in [2.24, 2.45) is 0 Å². The van der Waals surface area contributed by atoms with Crippen LogP contribution in [-0.2, 0) is 6.42 Å². The molecule has 0 amide bonds. The van der Waals surface area contributed by atoms with Gasteiger partial charge in [-0.05, 0) is 6.42 Å². The van der Waals surface area contributed by atoms with Crippen LogP contribution in [0.4, 0.5) is 5.82 Å². The van der Waals surface area contributed by atoms with Gasteiger partial charge in [0.15, 0.2) is 5.82 Å². The molecule has 2 rings (SSSR count). The molecule has 0 spiro atoms. The van der Waals surface area contributed by atoms with E-state index in [1.54, 1.807) is 0 Å². The van der Waals surface area contributed by atoms with Crippen molar-refractivity contribution in [3.05, 3.63) is 30.0 Å².